The molecule has 0 radical (unpaired) electrons. The van der Waals surface area contributed by atoms with E-state index in [-0.39, 0.29) is 0 Å². The minimum Gasteiger partial charge on any atom is -0.369 e. The van der Waals surface area contributed by atoms with Crippen LogP contribution in [0.4, 0.5) is 34.1 Å². The van der Waals surface area contributed by atoms with E-state index in [0.717, 1.165) is 39.0 Å². The largest absolute Gasteiger partial charge is 0.369 e. The molecule has 3 aromatic carbocycles. The third-order valence-electron chi connectivity index (χ3n) is 7.50. The van der Waals surface area contributed by atoms with E-state index < -0.39 is 0 Å². The average molecular weight is 610 g/mol. The summed E-state index contributed by atoms with van der Waals surface area (Å²) in [5.74, 6) is 0. The van der Waals surface area contributed by atoms with Crippen LogP contribution in [0.5, 0.6) is 0 Å². The molecular formula is C36H37N10+. The molecule has 46 heavy (non-hydrogen) atoms. The number of quaternary nitrogens is 1. The lowest BCUT2D eigenvalue weighted by Crippen LogP contribution is -2.96. The van der Waals surface area contributed by atoms with Crippen LogP contribution in [0.3, 0.4) is 0 Å². The van der Waals surface area contributed by atoms with E-state index in [1.165, 1.54) is 0 Å². The summed E-state index contributed by atoms with van der Waals surface area (Å²) >= 11 is 0. The number of benzene rings is 3. The van der Waals surface area contributed by atoms with Crippen molar-refractivity contribution in [3.63, 3.8) is 0 Å². The van der Waals surface area contributed by atoms with Crippen LogP contribution in [0.15, 0.2) is 72.8 Å². The van der Waals surface area contributed by atoms with Crippen molar-refractivity contribution in [2.45, 2.75) is 25.7 Å². The van der Waals surface area contributed by atoms with Gasteiger partial charge in [0.2, 0.25) is 13.1 Å². The third-order valence-corrected chi connectivity index (χ3v) is 7.50. The smallest absolute Gasteiger partial charge is 0.231 e. The van der Waals surface area contributed by atoms with Crippen molar-refractivity contribution < 1.29 is 4.90 Å². The molecular weight excluding hydrogens is 572 g/mol. The summed E-state index contributed by atoms with van der Waals surface area (Å²) in [4.78, 5) is 14.2. The molecule has 10 heteroatoms. The molecule has 0 aliphatic rings. The second kappa shape index (κ2) is 19.3. The number of hydrogen-bond donors (Lipinski definition) is 1. The molecule has 1 N–H and O–H groups in total. The first-order valence-electron chi connectivity index (χ1n) is 15.2. The van der Waals surface area contributed by atoms with Gasteiger partial charge in [0.1, 0.15) is 17.1 Å². The SMILES string of the molecule is [C-]#[N+]CCN(CC[N+]#[C-])c1ccc([NH+](c2ccc(N(CCC#N)CCC#N)cc2)c2ccc(N(CCC#N)CCC#N)cc2)cc1. The zero-order valence-electron chi connectivity index (χ0n) is 25.9. The molecule has 0 aliphatic carbocycles. The molecule has 0 aromatic heterocycles. The Morgan fingerprint density at radius 3 is 0.957 bits per heavy atom. The van der Waals surface area contributed by atoms with Crippen LogP contribution in [-0.4, -0.2) is 52.4 Å². The van der Waals surface area contributed by atoms with Gasteiger partial charge in [0.25, 0.3) is 0 Å². The van der Waals surface area contributed by atoms with Gasteiger partial charge in [-0.1, -0.05) is 0 Å². The molecule has 3 aromatic rings. The quantitative estimate of drug-likeness (QED) is 0.182. The van der Waals surface area contributed by atoms with Gasteiger partial charge in [-0.05, 0) is 36.4 Å². The van der Waals surface area contributed by atoms with Crippen LogP contribution in [0.2, 0.25) is 0 Å². The van der Waals surface area contributed by atoms with E-state index in [4.69, 9.17) is 34.2 Å². The molecule has 3 rings (SSSR count). The van der Waals surface area contributed by atoms with Crippen molar-refractivity contribution in [3.8, 4) is 24.3 Å². The Morgan fingerprint density at radius 2 is 0.717 bits per heavy atom. The maximum absolute atomic E-state index is 9.13. The van der Waals surface area contributed by atoms with Gasteiger partial charge in [-0.25, -0.2) is 18.0 Å². The number of rotatable bonds is 18. The molecule has 10 nitrogen and oxygen atoms in total. The maximum Gasteiger partial charge on any atom is 0.231 e. The third kappa shape index (κ3) is 10.0. The van der Waals surface area contributed by atoms with Gasteiger partial charge >= 0.3 is 0 Å². The highest BCUT2D eigenvalue weighted by molar-refractivity contribution is 5.58. The molecule has 230 valence electrons. The van der Waals surface area contributed by atoms with Gasteiger partial charge in [0, 0.05) is 79.6 Å². The summed E-state index contributed by atoms with van der Waals surface area (Å²) in [7, 11) is 0. The van der Waals surface area contributed by atoms with E-state index in [1.807, 2.05) is 36.4 Å². The number of nitrogens with zero attached hydrogens (tertiary/aromatic N) is 9. The Kier molecular flexibility index (Phi) is 14.4. The van der Waals surface area contributed by atoms with E-state index in [2.05, 4.69) is 85.1 Å². The summed E-state index contributed by atoms with van der Waals surface area (Å²) < 4.78 is 0. The van der Waals surface area contributed by atoms with Crippen molar-refractivity contribution in [2.24, 2.45) is 0 Å². The number of nitriles is 4. The topological polar surface area (TPSA) is 118 Å². The van der Waals surface area contributed by atoms with E-state index in [0.29, 0.717) is 78.0 Å². The fraction of sp³-hybridized carbons (Fsp3) is 0.333. The Bertz CT molecular complexity index is 1370. The van der Waals surface area contributed by atoms with Gasteiger partial charge in [0.15, 0.2) is 0 Å². The second-order valence-electron chi connectivity index (χ2n) is 10.4. The molecule has 0 spiro atoms. The highest BCUT2D eigenvalue weighted by Crippen LogP contribution is 2.24. The first-order valence-corrected chi connectivity index (χ1v) is 15.2. The molecule has 0 heterocycles. The van der Waals surface area contributed by atoms with Crippen molar-refractivity contribution in [1.82, 2.24) is 0 Å². The van der Waals surface area contributed by atoms with Crippen LogP contribution in [0.25, 0.3) is 9.69 Å². The first-order chi connectivity index (χ1) is 22.6. The van der Waals surface area contributed by atoms with Crippen LogP contribution >= 0.6 is 0 Å². The van der Waals surface area contributed by atoms with Crippen molar-refractivity contribution in [1.29, 1.82) is 21.0 Å². The van der Waals surface area contributed by atoms with Gasteiger partial charge in [-0.15, -0.1) is 0 Å². The predicted octanol–water partition coefficient (Wildman–Crippen LogP) is 5.78. The van der Waals surface area contributed by atoms with Crippen molar-refractivity contribution in [2.75, 3.05) is 67.1 Å². The molecule has 0 aliphatic heterocycles. The summed E-state index contributed by atoms with van der Waals surface area (Å²) in [6, 6.07) is 33.3. The average Bonchev–Trinajstić information content (AvgIpc) is 3.10. The van der Waals surface area contributed by atoms with Crippen molar-refractivity contribution >= 4 is 34.1 Å². The fourth-order valence-electron chi connectivity index (χ4n) is 5.21. The van der Waals surface area contributed by atoms with E-state index >= 15 is 0 Å². The molecule has 0 unspecified atom stereocenters. The zero-order chi connectivity index (χ0) is 33.0. The standard InChI is InChI=1S/C36H36N10/c1-41-23-29-45(30-24-42-2)33-11-17-36(18-12-33)46(34-13-7-31(8-14-34)43(25-3-19-37)26-4-20-38)35-15-9-32(10-16-35)44(27-5-21-39)28-6-22-40/h7-18H,3-6,23-30H2/p+1. The number of nitrogens with one attached hydrogen (secondary N) is 1. The van der Waals surface area contributed by atoms with Gasteiger partial charge < -0.3 is 24.4 Å². The van der Waals surface area contributed by atoms with Crippen molar-refractivity contribution in [3.05, 3.63) is 95.6 Å². The lowest BCUT2D eigenvalue weighted by molar-refractivity contribution is -0.681. The highest BCUT2D eigenvalue weighted by Gasteiger charge is 2.21. The molecule has 0 atom stereocenters. The van der Waals surface area contributed by atoms with Crippen LogP contribution in [0.1, 0.15) is 25.7 Å². The Morgan fingerprint density at radius 1 is 0.457 bits per heavy atom. The Hall–Kier alpha value is -6.04. The normalized spacial score (nSPS) is 9.98. The molecule has 0 amide bonds. The van der Waals surface area contributed by atoms with Crippen LogP contribution in [0, 0.1) is 58.5 Å². The monoisotopic (exact) mass is 609 g/mol. The second-order valence-corrected chi connectivity index (χ2v) is 10.4. The molecule has 0 fully saturated rings. The van der Waals surface area contributed by atoms with E-state index in [1.54, 1.807) is 0 Å². The first kappa shape index (κ1) is 34.5. The lowest BCUT2D eigenvalue weighted by atomic mass is 10.1. The number of hydrogen-bond acceptors (Lipinski definition) is 7. The van der Waals surface area contributed by atoms with Gasteiger partial charge in [-0.3, -0.25) is 0 Å². The molecule has 0 saturated carbocycles. The highest BCUT2D eigenvalue weighted by atomic mass is 15.2. The minimum atomic E-state index is 0.356. The maximum atomic E-state index is 9.13. The Balaban J connectivity index is 2.02. The minimum absolute atomic E-state index is 0.356. The predicted molar refractivity (Wildman–Crippen MR) is 180 cm³/mol. The molecule has 0 saturated heterocycles. The summed E-state index contributed by atoms with van der Waals surface area (Å²) in [5.41, 5.74) is 5.83. The summed E-state index contributed by atoms with van der Waals surface area (Å²) in [6.07, 6.45) is 1.47. The summed E-state index contributed by atoms with van der Waals surface area (Å²) in [5, 5.41) is 36.5. The molecule has 0 bridgehead atoms. The van der Waals surface area contributed by atoms with Gasteiger partial charge in [-0.2, -0.15) is 21.0 Å². The fourth-order valence-corrected chi connectivity index (χ4v) is 5.21. The van der Waals surface area contributed by atoms with Crippen LogP contribution < -0.4 is 19.6 Å². The number of anilines is 3. The van der Waals surface area contributed by atoms with E-state index in [9.17, 15) is 0 Å². The Labute approximate surface area is 272 Å². The lowest BCUT2D eigenvalue weighted by Gasteiger charge is -2.25. The van der Waals surface area contributed by atoms with Crippen LogP contribution in [-0.2, 0) is 0 Å². The zero-order valence-corrected chi connectivity index (χ0v) is 25.9. The van der Waals surface area contributed by atoms with Gasteiger partial charge in [0.05, 0.1) is 63.0 Å². The summed E-state index contributed by atoms with van der Waals surface area (Å²) in [6.45, 7) is 18.4.